The summed E-state index contributed by atoms with van der Waals surface area (Å²) in [5.74, 6) is 0.852. The molecule has 1 aliphatic heterocycles. The average Bonchev–Trinajstić information content (AvgIpc) is 2.28. The summed E-state index contributed by atoms with van der Waals surface area (Å²) in [6, 6.07) is 1.41. The predicted octanol–water partition coefficient (Wildman–Crippen LogP) is 2.89. The molecule has 96 valence electrons. The lowest BCUT2D eigenvalue weighted by Crippen LogP contribution is -2.50. The Morgan fingerprint density at radius 2 is 2.00 bits per heavy atom. The minimum absolute atomic E-state index is 0.638. The molecule has 0 aliphatic carbocycles. The monoisotopic (exact) mass is 226 g/mol. The van der Waals surface area contributed by atoms with Crippen LogP contribution in [0.25, 0.3) is 0 Å². The average molecular weight is 226 g/mol. The largest absolute Gasteiger partial charge is 0.316 e. The van der Waals surface area contributed by atoms with Gasteiger partial charge in [0, 0.05) is 12.1 Å². The van der Waals surface area contributed by atoms with Crippen LogP contribution in [0.3, 0.4) is 0 Å². The number of hydrogen-bond donors (Lipinski definition) is 1. The summed E-state index contributed by atoms with van der Waals surface area (Å²) in [5, 5.41) is 3.42. The van der Waals surface area contributed by atoms with Gasteiger partial charge in [-0.1, -0.05) is 20.3 Å². The van der Waals surface area contributed by atoms with Gasteiger partial charge in [-0.15, -0.1) is 0 Å². The minimum atomic E-state index is 0.638. The number of likely N-dealkylation sites (tertiary alicyclic amines) is 1. The van der Waals surface area contributed by atoms with Crippen molar-refractivity contribution in [2.24, 2.45) is 5.92 Å². The van der Waals surface area contributed by atoms with E-state index in [0.29, 0.717) is 6.04 Å². The van der Waals surface area contributed by atoms with E-state index in [0.717, 1.165) is 12.0 Å². The minimum Gasteiger partial charge on any atom is -0.316 e. The van der Waals surface area contributed by atoms with Crippen molar-refractivity contribution in [3.63, 3.8) is 0 Å². The fraction of sp³-hybridized carbons (Fsp3) is 1.00. The van der Waals surface area contributed by atoms with Crippen molar-refractivity contribution in [2.45, 2.75) is 65.0 Å². The molecule has 1 fully saturated rings. The van der Waals surface area contributed by atoms with Crippen molar-refractivity contribution in [1.29, 1.82) is 0 Å². The van der Waals surface area contributed by atoms with E-state index in [-0.39, 0.29) is 0 Å². The topological polar surface area (TPSA) is 15.3 Å². The van der Waals surface area contributed by atoms with Gasteiger partial charge in [0.15, 0.2) is 0 Å². The van der Waals surface area contributed by atoms with Crippen LogP contribution in [0.1, 0.15) is 52.9 Å². The SMILES string of the molecule is CNC(C)C1CCCCN1CCCC(C)C. The van der Waals surface area contributed by atoms with Gasteiger partial charge in [-0.25, -0.2) is 0 Å². The van der Waals surface area contributed by atoms with Crippen LogP contribution in [0.2, 0.25) is 0 Å². The Morgan fingerprint density at radius 1 is 1.25 bits per heavy atom. The Kier molecular flexibility index (Phi) is 6.37. The van der Waals surface area contributed by atoms with Crippen LogP contribution in [0, 0.1) is 5.92 Å². The second-order valence-electron chi connectivity index (χ2n) is 5.71. The number of rotatable bonds is 6. The third-order valence-corrected chi connectivity index (χ3v) is 3.92. The Labute approximate surface area is 102 Å². The van der Waals surface area contributed by atoms with Crippen molar-refractivity contribution in [1.82, 2.24) is 10.2 Å². The lowest BCUT2D eigenvalue weighted by Gasteiger charge is -2.39. The molecular formula is C14H30N2. The van der Waals surface area contributed by atoms with Crippen molar-refractivity contribution in [2.75, 3.05) is 20.1 Å². The highest BCUT2D eigenvalue weighted by Crippen LogP contribution is 2.20. The van der Waals surface area contributed by atoms with E-state index in [1.54, 1.807) is 0 Å². The second kappa shape index (κ2) is 7.29. The summed E-state index contributed by atoms with van der Waals surface area (Å²) >= 11 is 0. The molecule has 0 spiro atoms. The number of nitrogens with zero attached hydrogens (tertiary/aromatic N) is 1. The highest BCUT2D eigenvalue weighted by Gasteiger charge is 2.25. The van der Waals surface area contributed by atoms with E-state index in [9.17, 15) is 0 Å². The first-order chi connectivity index (χ1) is 7.65. The quantitative estimate of drug-likeness (QED) is 0.749. The smallest absolute Gasteiger partial charge is 0.0246 e. The number of nitrogens with one attached hydrogen (secondary N) is 1. The van der Waals surface area contributed by atoms with Gasteiger partial charge in [0.2, 0.25) is 0 Å². The fourth-order valence-corrected chi connectivity index (χ4v) is 2.76. The van der Waals surface area contributed by atoms with Gasteiger partial charge in [0.1, 0.15) is 0 Å². The van der Waals surface area contributed by atoms with Crippen molar-refractivity contribution in [3.05, 3.63) is 0 Å². The lowest BCUT2D eigenvalue weighted by atomic mass is 9.96. The van der Waals surface area contributed by atoms with Crippen molar-refractivity contribution in [3.8, 4) is 0 Å². The van der Waals surface area contributed by atoms with Crippen molar-refractivity contribution >= 4 is 0 Å². The van der Waals surface area contributed by atoms with Crippen molar-refractivity contribution < 1.29 is 0 Å². The second-order valence-corrected chi connectivity index (χ2v) is 5.71. The predicted molar refractivity (Wildman–Crippen MR) is 71.8 cm³/mol. The molecule has 1 aliphatic rings. The molecule has 0 amide bonds. The van der Waals surface area contributed by atoms with Crippen LogP contribution in [0.4, 0.5) is 0 Å². The Morgan fingerprint density at radius 3 is 2.62 bits per heavy atom. The molecule has 0 saturated carbocycles. The van der Waals surface area contributed by atoms with Gasteiger partial charge in [-0.2, -0.15) is 0 Å². The Bertz CT molecular complexity index is 180. The van der Waals surface area contributed by atoms with E-state index in [4.69, 9.17) is 0 Å². The molecule has 0 radical (unpaired) electrons. The normalized spacial score (nSPS) is 24.9. The van der Waals surface area contributed by atoms with Gasteiger partial charge in [-0.3, -0.25) is 4.90 Å². The molecule has 0 bridgehead atoms. The highest BCUT2D eigenvalue weighted by atomic mass is 15.2. The van der Waals surface area contributed by atoms with Gasteiger partial charge in [0.25, 0.3) is 0 Å². The van der Waals surface area contributed by atoms with E-state index in [1.807, 2.05) is 0 Å². The number of piperidine rings is 1. The van der Waals surface area contributed by atoms with Crippen LogP contribution in [0.5, 0.6) is 0 Å². The van der Waals surface area contributed by atoms with Crippen LogP contribution < -0.4 is 5.32 Å². The first-order valence-corrected chi connectivity index (χ1v) is 7.06. The zero-order valence-corrected chi connectivity index (χ0v) is 11.6. The molecule has 2 heteroatoms. The summed E-state index contributed by atoms with van der Waals surface area (Å²) in [6.07, 6.45) is 6.93. The molecule has 1 heterocycles. The molecule has 2 unspecified atom stereocenters. The van der Waals surface area contributed by atoms with Crippen LogP contribution in [-0.4, -0.2) is 37.1 Å². The lowest BCUT2D eigenvalue weighted by molar-refractivity contribution is 0.118. The summed E-state index contributed by atoms with van der Waals surface area (Å²) in [4.78, 5) is 2.72. The van der Waals surface area contributed by atoms with Crippen LogP contribution in [0.15, 0.2) is 0 Å². The van der Waals surface area contributed by atoms with Gasteiger partial charge < -0.3 is 5.32 Å². The van der Waals surface area contributed by atoms with E-state index < -0.39 is 0 Å². The van der Waals surface area contributed by atoms with Crippen LogP contribution in [-0.2, 0) is 0 Å². The van der Waals surface area contributed by atoms with E-state index in [1.165, 1.54) is 45.2 Å². The zero-order valence-electron chi connectivity index (χ0n) is 11.6. The molecule has 16 heavy (non-hydrogen) atoms. The van der Waals surface area contributed by atoms with Gasteiger partial charge >= 0.3 is 0 Å². The standard InChI is InChI=1S/C14H30N2/c1-12(2)8-7-11-16-10-6-5-9-14(16)13(3)15-4/h12-15H,5-11H2,1-4H3. The molecule has 0 aromatic rings. The number of hydrogen-bond acceptors (Lipinski definition) is 2. The molecule has 0 aromatic carbocycles. The summed E-state index contributed by atoms with van der Waals surface area (Å²) in [6.45, 7) is 9.59. The molecule has 0 aromatic heterocycles. The third kappa shape index (κ3) is 4.42. The zero-order chi connectivity index (χ0) is 12.0. The Balaban J connectivity index is 2.35. The molecule has 1 rings (SSSR count). The first kappa shape index (κ1) is 14.0. The molecule has 2 nitrogen and oxygen atoms in total. The summed E-state index contributed by atoms with van der Waals surface area (Å²) in [7, 11) is 2.09. The third-order valence-electron chi connectivity index (χ3n) is 3.92. The van der Waals surface area contributed by atoms with Crippen LogP contribution >= 0.6 is 0 Å². The van der Waals surface area contributed by atoms with E-state index in [2.05, 4.69) is 38.0 Å². The maximum Gasteiger partial charge on any atom is 0.0246 e. The highest BCUT2D eigenvalue weighted by molar-refractivity contribution is 4.84. The van der Waals surface area contributed by atoms with Gasteiger partial charge in [0.05, 0.1) is 0 Å². The maximum absolute atomic E-state index is 3.42. The molecule has 1 saturated heterocycles. The Hall–Kier alpha value is -0.0800. The maximum atomic E-state index is 3.42. The van der Waals surface area contributed by atoms with Gasteiger partial charge in [-0.05, 0) is 58.7 Å². The first-order valence-electron chi connectivity index (χ1n) is 7.06. The molecule has 2 atom stereocenters. The molecular weight excluding hydrogens is 196 g/mol. The number of likely N-dealkylation sites (N-methyl/N-ethyl adjacent to an activating group) is 1. The fourth-order valence-electron chi connectivity index (χ4n) is 2.76. The van der Waals surface area contributed by atoms with E-state index >= 15 is 0 Å². The summed E-state index contributed by atoms with van der Waals surface area (Å²) in [5.41, 5.74) is 0. The summed E-state index contributed by atoms with van der Waals surface area (Å²) < 4.78 is 0. The molecule has 1 N–H and O–H groups in total.